The van der Waals surface area contributed by atoms with Crippen molar-refractivity contribution in [3.63, 3.8) is 0 Å². The minimum absolute atomic E-state index is 0.198. The van der Waals surface area contributed by atoms with Gasteiger partial charge in [-0.3, -0.25) is 14.9 Å². The number of anilines is 1. The first-order chi connectivity index (χ1) is 11.4. The van der Waals surface area contributed by atoms with Crippen LogP contribution >= 0.6 is 34.5 Å². The number of benzene rings is 1. The largest absolute Gasteiger partial charge is 0.481 e. The van der Waals surface area contributed by atoms with Crippen LogP contribution < -0.4 is 5.32 Å². The molecule has 7 nitrogen and oxygen atoms in total. The lowest BCUT2D eigenvalue weighted by Gasteiger charge is -2.00. The fourth-order valence-electron chi connectivity index (χ4n) is 1.54. The molecular formula is C14H11Cl2N3O4S. The number of nitrogens with one attached hydrogen (secondary N) is 1. The quantitative estimate of drug-likeness (QED) is 0.561. The van der Waals surface area contributed by atoms with E-state index in [4.69, 9.17) is 33.1 Å². The van der Waals surface area contributed by atoms with Crippen molar-refractivity contribution in [2.24, 2.45) is 5.16 Å². The number of thiazole rings is 1. The van der Waals surface area contributed by atoms with Crippen molar-refractivity contribution in [2.75, 3.05) is 11.9 Å². The minimum atomic E-state index is -0.988. The van der Waals surface area contributed by atoms with Gasteiger partial charge in [-0.1, -0.05) is 34.4 Å². The molecule has 1 heterocycles. The maximum Gasteiger partial charge on any atom is 0.309 e. The summed E-state index contributed by atoms with van der Waals surface area (Å²) >= 11 is 12.8. The summed E-state index contributed by atoms with van der Waals surface area (Å²) in [5, 5.41) is 17.5. The highest BCUT2D eigenvalue weighted by Gasteiger charge is 2.09. The number of hydrogen-bond acceptors (Lipinski definition) is 6. The minimum Gasteiger partial charge on any atom is -0.481 e. The number of nitrogens with zero attached hydrogens (tertiary/aromatic N) is 2. The van der Waals surface area contributed by atoms with Crippen molar-refractivity contribution in [3.05, 3.63) is 44.9 Å². The molecule has 2 rings (SSSR count). The van der Waals surface area contributed by atoms with Crippen molar-refractivity contribution in [3.8, 4) is 0 Å². The van der Waals surface area contributed by atoms with Gasteiger partial charge in [0.25, 0.3) is 5.91 Å². The summed E-state index contributed by atoms with van der Waals surface area (Å²) in [7, 11) is 0. The molecule has 24 heavy (non-hydrogen) atoms. The summed E-state index contributed by atoms with van der Waals surface area (Å²) in [6.45, 7) is -0.314. The fourth-order valence-corrected chi connectivity index (χ4v) is 2.58. The molecule has 10 heteroatoms. The first-order valence-corrected chi connectivity index (χ1v) is 8.14. The lowest BCUT2D eigenvalue weighted by Crippen LogP contribution is -2.17. The van der Waals surface area contributed by atoms with Crippen molar-refractivity contribution in [1.82, 2.24) is 4.98 Å². The number of carbonyl (C=O) groups excluding carboxylic acids is 1. The molecule has 0 spiro atoms. The first kappa shape index (κ1) is 18.2. The van der Waals surface area contributed by atoms with Crippen molar-refractivity contribution in [1.29, 1.82) is 0 Å². The molecule has 0 saturated carbocycles. The average Bonchev–Trinajstić information content (AvgIpc) is 2.93. The lowest BCUT2D eigenvalue weighted by atomic mass is 10.2. The van der Waals surface area contributed by atoms with Gasteiger partial charge in [0.2, 0.25) is 0 Å². The predicted octanol–water partition coefficient (Wildman–Crippen LogP) is 3.07. The predicted molar refractivity (Wildman–Crippen MR) is 92.1 cm³/mol. The number of carbonyl (C=O) groups is 2. The van der Waals surface area contributed by atoms with E-state index in [2.05, 4.69) is 15.5 Å². The molecule has 0 bridgehead atoms. The number of halogens is 2. The first-order valence-electron chi connectivity index (χ1n) is 6.50. The van der Waals surface area contributed by atoms with Gasteiger partial charge < -0.3 is 9.94 Å². The molecule has 0 atom stereocenters. The van der Waals surface area contributed by atoms with E-state index in [1.165, 1.54) is 6.21 Å². The molecule has 1 aromatic heterocycles. The van der Waals surface area contributed by atoms with E-state index < -0.39 is 11.9 Å². The van der Waals surface area contributed by atoms with Crippen LogP contribution in [0.3, 0.4) is 0 Å². The number of carboxylic acids is 1. The number of carboxylic acid groups (broad SMARTS) is 1. The Labute approximate surface area is 150 Å². The number of hydrogen-bond donors (Lipinski definition) is 2. The van der Waals surface area contributed by atoms with Crippen molar-refractivity contribution < 1.29 is 19.5 Å². The highest BCUT2D eigenvalue weighted by atomic mass is 35.5. The summed E-state index contributed by atoms with van der Waals surface area (Å²) in [5.41, 5.74) is 1.05. The average molecular weight is 388 g/mol. The third-order valence-electron chi connectivity index (χ3n) is 2.55. The van der Waals surface area contributed by atoms with Crippen LogP contribution in [0, 0.1) is 0 Å². The summed E-state index contributed by atoms with van der Waals surface area (Å²) in [4.78, 5) is 31.1. The van der Waals surface area contributed by atoms with Gasteiger partial charge in [-0.25, -0.2) is 4.98 Å². The third kappa shape index (κ3) is 5.80. The zero-order valence-electron chi connectivity index (χ0n) is 12.0. The Balaban J connectivity index is 1.78. The maximum atomic E-state index is 11.7. The van der Waals surface area contributed by atoms with E-state index in [0.29, 0.717) is 26.4 Å². The molecule has 126 valence electrons. The van der Waals surface area contributed by atoms with Crippen molar-refractivity contribution >= 4 is 57.8 Å². The topological polar surface area (TPSA) is 101 Å². The number of oxime groups is 1. The van der Waals surface area contributed by atoms with Gasteiger partial charge in [0.1, 0.15) is 0 Å². The molecule has 2 aromatic rings. The zero-order valence-corrected chi connectivity index (χ0v) is 14.4. The zero-order chi connectivity index (χ0) is 17.5. The van der Waals surface area contributed by atoms with Gasteiger partial charge in [-0.15, -0.1) is 11.3 Å². The number of aromatic nitrogens is 1. The molecule has 0 saturated heterocycles. The van der Waals surface area contributed by atoms with Crippen LogP contribution in [0.5, 0.6) is 0 Å². The molecule has 1 amide bonds. The Kier molecular flexibility index (Phi) is 6.53. The van der Waals surface area contributed by atoms with Crippen LogP contribution in [0.25, 0.3) is 0 Å². The molecule has 0 fully saturated rings. The second-order valence-electron chi connectivity index (χ2n) is 4.44. The summed E-state index contributed by atoms with van der Waals surface area (Å²) in [5.74, 6) is -1.45. The van der Waals surface area contributed by atoms with Crippen LogP contribution in [0.2, 0.25) is 10.0 Å². The Morgan fingerprint density at radius 1 is 1.38 bits per heavy atom. The Hall–Kier alpha value is -2.16. The van der Waals surface area contributed by atoms with E-state index in [1.54, 1.807) is 23.6 Å². The van der Waals surface area contributed by atoms with E-state index in [-0.39, 0.29) is 13.0 Å². The fraction of sp³-hybridized carbons (Fsp3) is 0.143. The van der Waals surface area contributed by atoms with Crippen LogP contribution in [-0.2, 0) is 20.8 Å². The normalized spacial score (nSPS) is 10.8. The van der Waals surface area contributed by atoms with Crippen molar-refractivity contribution in [2.45, 2.75) is 6.42 Å². The SMILES string of the molecule is O=C(O)Cc1csc(NC(=O)CO/N=C/c2ccc(Cl)c(Cl)c2)n1. The molecule has 0 aliphatic heterocycles. The number of rotatable bonds is 7. The molecule has 2 N–H and O–H groups in total. The van der Waals surface area contributed by atoms with Gasteiger partial charge in [0.15, 0.2) is 11.7 Å². The molecule has 0 aliphatic carbocycles. The second kappa shape index (κ2) is 8.62. The van der Waals surface area contributed by atoms with Gasteiger partial charge >= 0.3 is 5.97 Å². The molecule has 0 unspecified atom stereocenters. The van der Waals surface area contributed by atoms with Crippen LogP contribution in [0.4, 0.5) is 5.13 Å². The summed E-state index contributed by atoms with van der Waals surface area (Å²) < 4.78 is 0. The van der Waals surface area contributed by atoms with E-state index in [0.717, 1.165) is 11.3 Å². The molecule has 1 aromatic carbocycles. The molecule has 0 aliphatic rings. The maximum absolute atomic E-state index is 11.7. The van der Waals surface area contributed by atoms with Gasteiger partial charge in [-0.2, -0.15) is 0 Å². The number of aliphatic carboxylic acids is 1. The Bertz CT molecular complexity index is 779. The monoisotopic (exact) mass is 387 g/mol. The lowest BCUT2D eigenvalue weighted by molar-refractivity contribution is -0.136. The van der Waals surface area contributed by atoms with Crippen LogP contribution in [0.1, 0.15) is 11.3 Å². The van der Waals surface area contributed by atoms with E-state index in [1.807, 2.05) is 0 Å². The smallest absolute Gasteiger partial charge is 0.309 e. The van der Waals surface area contributed by atoms with Crippen LogP contribution in [-0.4, -0.2) is 34.8 Å². The highest BCUT2D eigenvalue weighted by molar-refractivity contribution is 7.13. The Morgan fingerprint density at radius 2 is 2.17 bits per heavy atom. The van der Waals surface area contributed by atoms with E-state index in [9.17, 15) is 9.59 Å². The molecule has 0 radical (unpaired) electrons. The van der Waals surface area contributed by atoms with Crippen LogP contribution in [0.15, 0.2) is 28.7 Å². The molecular weight excluding hydrogens is 377 g/mol. The van der Waals surface area contributed by atoms with E-state index >= 15 is 0 Å². The van der Waals surface area contributed by atoms with Gasteiger partial charge in [0.05, 0.1) is 28.4 Å². The Morgan fingerprint density at radius 3 is 2.88 bits per heavy atom. The summed E-state index contributed by atoms with van der Waals surface area (Å²) in [6.07, 6.45) is 1.20. The summed E-state index contributed by atoms with van der Waals surface area (Å²) in [6, 6.07) is 4.92. The second-order valence-corrected chi connectivity index (χ2v) is 6.12. The van der Waals surface area contributed by atoms with Gasteiger partial charge in [0, 0.05) is 5.38 Å². The standard InChI is InChI=1S/C14H11Cl2N3O4S/c15-10-2-1-8(3-11(10)16)5-17-23-6-12(20)19-14-18-9(7-24-14)4-13(21)22/h1-3,5,7H,4,6H2,(H,21,22)(H,18,19,20)/b17-5+. The highest BCUT2D eigenvalue weighted by Crippen LogP contribution is 2.21. The third-order valence-corrected chi connectivity index (χ3v) is 4.09. The number of amides is 1. The van der Waals surface area contributed by atoms with Gasteiger partial charge in [-0.05, 0) is 17.7 Å².